The smallest absolute Gasteiger partial charge is 0.184 e. The van der Waals surface area contributed by atoms with E-state index in [0.29, 0.717) is 14.6 Å². The molecule has 2 aromatic carbocycles. The molecule has 0 radical (unpaired) electrons. The van der Waals surface area contributed by atoms with Crippen LogP contribution in [0.3, 0.4) is 0 Å². The van der Waals surface area contributed by atoms with Crippen LogP contribution in [0.5, 0.6) is 0 Å². The fraction of sp³-hybridized carbons (Fsp3) is 0.125. The first kappa shape index (κ1) is 18.8. The van der Waals surface area contributed by atoms with Gasteiger partial charge in [0.25, 0.3) is 0 Å². The van der Waals surface area contributed by atoms with Crippen molar-refractivity contribution in [3.8, 4) is 5.69 Å². The van der Waals surface area contributed by atoms with E-state index in [1.54, 1.807) is 28.9 Å². The minimum atomic E-state index is -3.30. The van der Waals surface area contributed by atoms with Crippen molar-refractivity contribution in [2.75, 3.05) is 11.5 Å². The predicted molar refractivity (Wildman–Crippen MR) is 109 cm³/mol. The molecule has 0 saturated carbocycles. The molecule has 0 aliphatic heterocycles. The van der Waals surface area contributed by atoms with Crippen LogP contribution in [0.1, 0.15) is 0 Å². The molecular weight excluding hydrogens is 460 g/mol. The zero-order valence-electron chi connectivity index (χ0n) is 12.8. The zero-order chi connectivity index (χ0) is 17.9. The summed E-state index contributed by atoms with van der Waals surface area (Å²) in [7, 11) is -3.30. The molecule has 4 nitrogen and oxygen atoms in total. The molecule has 0 spiro atoms. The highest BCUT2D eigenvalue weighted by atomic mass is 79.9. The number of thioether (sulfide) groups is 1. The second-order valence-corrected chi connectivity index (χ2v) is 11.0. The van der Waals surface area contributed by atoms with Gasteiger partial charge in [-0.3, -0.25) is 0 Å². The lowest BCUT2D eigenvalue weighted by molar-refractivity contribution is 0.597. The van der Waals surface area contributed by atoms with Gasteiger partial charge in [-0.05, 0) is 48.6 Å². The predicted octanol–water partition coefficient (Wildman–Crippen LogP) is 4.99. The molecule has 0 aliphatic rings. The molecule has 0 atom stereocenters. The van der Waals surface area contributed by atoms with Gasteiger partial charge in [0.15, 0.2) is 18.1 Å². The first-order valence-electron chi connectivity index (χ1n) is 7.22. The van der Waals surface area contributed by atoms with Crippen LogP contribution in [0.25, 0.3) is 5.69 Å². The molecule has 0 unspecified atom stereocenters. The van der Waals surface area contributed by atoms with E-state index in [0.717, 1.165) is 14.5 Å². The monoisotopic (exact) mass is 472 g/mol. The highest BCUT2D eigenvalue weighted by molar-refractivity contribution is 9.10. The third-order valence-electron chi connectivity index (χ3n) is 3.28. The van der Waals surface area contributed by atoms with Crippen LogP contribution < -0.4 is 0 Å². The first-order chi connectivity index (χ1) is 12.0. The summed E-state index contributed by atoms with van der Waals surface area (Å²) in [6.07, 6.45) is 0. The van der Waals surface area contributed by atoms with Gasteiger partial charge in [0.1, 0.15) is 0 Å². The van der Waals surface area contributed by atoms with Crippen molar-refractivity contribution in [1.82, 2.24) is 9.78 Å². The van der Waals surface area contributed by atoms with E-state index in [2.05, 4.69) is 21.0 Å². The van der Waals surface area contributed by atoms with Crippen LogP contribution in [0.15, 0.2) is 68.3 Å². The summed E-state index contributed by atoms with van der Waals surface area (Å²) in [6.45, 7) is 0. The van der Waals surface area contributed by atoms with Crippen LogP contribution in [0.4, 0.5) is 0 Å². The van der Waals surface area contributed by atoms with E-state index in [1.807, 2.05) is 30.3 Å². The third-order valence-corrected chi connectivity index (χ3v) is 8.17. The lowest BCUT2D eigenvalue weighted by Crippen LogP contribution is -2.08. The van der Waals surface area contributed by atoms with E-state index >= 15 is 0 Å². The van der Waals surface area contributed by atoms with E-state index in [1.165, 1.54) is 23.1 Å². The van der Waals surface area contributed by atoms with E-state index < -0.39 is 9.84 Å². The summed E-state index contributed by atoms with van der Waals surface area (Å²) in [5, 5.41) is 4.48. The van der Waals surface area contributed by atoms with Crippen molar-refractivity contribution >= 4 is 61.1 Å². The van der Waals surface area contributed by atoms with Gasteiger partial charge in [-0.2, -0.15) is 0 Å². The number of hydrogen-bond donors (Lipinski definition) is 0. The van der Waals surface area contributed by atoms with Crippen molar-refractivity contribution in [3.05, 3.63) is 63.0 Å². The van der Waals surface area contributed by atoms with Crippen LogP contribution in [-0.2, 0) is 9.84 Å². The van der Waals surface area contributed by atoms with E-state index in [-0.39, 0.29) is 5.75 Å². The van der Waals surface area contributed by atoms with Crippen molar-refractivity contribution in [3.63, 3.8) is 0 Å². The maximum Gasteiger partial charge on any atom is 0.184 e. The second-order valence-electron chi connectivity index (χ2n) is 5.00. The maximum absolute atomic E-state index is 12.4. The fourth-order valence-corrected chi connectivity index (χ4v) is 6.39. The third kappa shape index (κ3) is 4.79. The number of halogens is 1. The molecule has 1 heterocycles. The standard InChI is InChI=1S/C16H13BrN2O2S4/c17-12-6-8-14(9-7-12)25(20,21)11-10-23-15-18-19(16(22)24-15)13-4-2-1-3-5-13/h1-9H,10-11H2. The Morgan fingerprint density at radius 3 is 2.48 bits per heavy atom. The minimum Gasteiger partial charge on any atom is -0.224 e. The van der Waals surface area contributed by atoms with Gasteiger partial charge in [-0.15, -0.1) is 5.10 Å². The largest absolute Gasteiger partial charge is 0.224 e. The zero-order valence-corrected chi connectivity index (χ0v) is 17.7. The molecule has 0 saturated heterocycles. The van der Waals surface area contributed by atoms with Crippen LogP contribution in [0.2, 0.25) is 0 Å². The summed E-state index contributed by atoms with van der Waals surface area (Å²) in [4.78, 5) is 0.332. The van der Waals surface area contributed by atoms with Gasteiger partial charge >= 0.3 is 0 Å². The number of nitrogens with zero attached hydrogens (tertiary/aromatic N) is 2. The molecule has 3 rings (SSSR count). The number of sulfone groups is 1. The summed E-state index contributed by atoms with van der Waals surface area (Å²) in [5.74, 6) is 0.479. The highest BCUT2D eigenvalue weighted by Crippen LogP contribution is 2.25. The lowest BCUT2D eigenvalue weighted by Gasteiger charge is -2.03. The number of para-hydroxylation sites is 1. The maximum atomic E-state index is 12.4. The Morgan fingerprint density at radius 2 is 1.80 bits per heavy atom. The molecule has 0 amide bonds. The van der Waals surface area contributed by atoms with Gasteiger partial charge in [-0.25, -0.2) is 13.1 Å². The molecule has 1 aromatic heterocycles. The second kappa shape index (κ2) is 8.13. The SMILES string of the molecule is O=S(=O)(CCSc1nn(-c2ccccc2)c(=S)s1)c1ccc(Br)cc1. The fourth-order valence-electron chi connectivity index (χ4n) is 2.05. The van der Waals surface area contributed by atoms with Crippen molar-refractivity contribution < 1.29 is 8.42 Å². The topological polar surface area (TPSA) is 52.0 Å². The summed E-state index contributed by atoms with van der Waals surface area (Å²) >= 11 is 11.4. The molecule has 3 aromatic rings. The van der Waals surface area contributed by atoms with Crippen molar-refractivity contribution in [2.24, 2.45) is 0 Å². The average molecular weight is 473 g/mol. The normalized spacial score (nSPS) is 11.6. The van der Waals surface area contributed by atoms with Crippen LogP contribution >= 0.6 is 51.2 Å². The van der Waals surface area contributed by atoms with Crippen LogP contribution in [0, 0.1) is 3.95 Å². The molecule has 0 aliphatic carbocycles. The summed E-state index contributed by atoms with van der Waals surface area (Å²) in [5.41, 5.74) is 0.901. The Hall–Kier alpha value is -1.00. The molecule has 9 heteroatoms. The highest BCUT2D eigenvalue weighted by Gasteiger charge is 2.15. The summed E-state index contributed by atoms with van der Waals surface area (Å²) in [6, 6.07) is 16.3. The van der Waals surface area contributed by atoms with Gasteiger partial charge in [-0.1, -0.05) is 57.2 Å². The lowest BCUT2D eigenvalue weighted by atomic mass is 10.3. The number of benzene rings is 2. The summed E-state index contributed by atoms with van der Waals surface area (Å²) < 4.78 is 28.7. The Morgan fingerprint density at radius 1 is 1.12 bits per heavy atom. The molecular formula is C16H13BrN2O2S4. The molecule has 0 N–H and O–H groups in total. The molecule has 130 valence electrons. The Bertz CT molecular complexity index is 1010. The Kier molecular flexibility index (Phi) is 6.11. The Balaban J connectivity index is 1.67. The van der Waals surface area contributed by atoms with Gasteiger partial charge < -0.3 is 0 Å². The van der Waals surface area contributed by atoms with Crippen LogP contribution in [-0.4, -0.2) is 29.7 Å². The van der Waals surface area contributed by atoms with Gasteiger partial charge in [0, 0.05) is 10.2 Å². The van der Waals surface area contributed by atoms with E-state index in [9.17, 15) is 8.42 Å². The molecule has 0 fully saturated rings. The van der Waals surface area contributed by atoms with Crippen molar-refractivity contribution in [2.45, 2.75) is 9.24 Å². The first-order valence-corrected chi connectivity index (χ1v) is 11.9. The molecule has 0 bridgehead atoms. The van der Waals surface area contributed by atoms with Gasteiger partial charge in [0.05, 0.1) is 16.3 Å². The Labute approximate surface area is 168 Å². The minimum absolute atomic E-state index is 0.0526. The average Bonchev–Trinajstić information content (AvgIpc) is 2.96. The number of rotatable bonds is 6. The van der Waals surface area contributed by atoms with Gasteiger partial charge in [0.2, 0.25) is 0 Å². The molecule has 25 heavy (non-hydrogen) atoms. The van der Waals surface area contributed by atoms with E-state index in [4.69, 9.17) is 12.2 Å². The number of hydrogen-bond acceptors (Lipinski definition) is 6. The quantitative estimate of drug-likeness (QED) is 0.373. The number of aromatic nitrogens is 2. The van der Waals surface area contributed by atoms with Crippen molar-refractivity contribution in [1.29, 1.82) is 0 Å².